The fraction of sp³-hybridized carbons (Fsp3) is 0.917. The number of allylic oxidation sites excluding steroid dienone is 1. The number of aliphatic hydroxyl groups is 2. The zero-order chi connectivity index (χ0) is 18.7. The third-order valence-corrected chi connectivity index (χ3v) is 9.95. The van der Waals surface area contributed by atoms with Crippen molar-refractivity contribution >= 4 is 0 Å². The van der Waals surface area contributed by atoms with Crippen molar-refractivity contribution in [3.05, 3.63) is 12.7 Å². The maximum atomic E-state index is 11.1. The molecule has 2 N–H and O–H groups in total. The van der Waals surface area contributed by atoms with E-state index >= 15 is 0 Å². The Kier molecular flexibility index (Phi) is 4.84. The standard InChI is InChI=1S/C24H40O2/c1-5-6-15(2)18-7-8-19-17-14-22(26)21-13-16(25)9-11-24(21,4)20(17)10-12-23(18,19)3/h5,15-22,25-26H,1,6-14H2,2-4H3/t15-,16-,17+,18-,19+,20+,21+,22+,23-,24-/m1/s1. The molecular weight excluding hydrogens is 320 g/mol. The summed E-state index contributed by atoms with van der Waals surface area (Å²) in [6, 6.07) is 0. The summed E-state index contributed by atoms with van der Waals surface area (Å²) in [5.41, 5.74) is 0.703. The van der Waals surface area contributed by atoms with Gasteiger partial charge in [0.15, 0.2) is 0 Å². The quantitative estimate of drug-likeness (QED) is 0.680. The second-order valence-corrected chi connectivity index (χ2v) is 11.0. The third kappa shape index (κ3) is 2.65. The minimum Gasteiger partial charge on any atom is -0.393 e. The van der Waals surface area contributed by atoms with E-state index in [0.29, 0.717) is 17.3 Å². The lowest BCUT2D eigenvalue weighted by atomic mass is 9.44. The van der Waals surface area contributed by atoms with E-state index in [1.807, 2.05) is 0 Å². The molecule has 0 saturated heterocycles. The summed E-state index contributed by atoms with van der Waals surface area (Å²) >= 11 is 0. The van der Waals surface area contributed by atoms with Gasteiger partial charge in [0.1, 0.15) is 0 Å². The second kappa shape index (κ2) is 6.62. The molecule has 0 radical (unpaired) electrons. The van der Waals surface area contributed by atoms with Crippen LogP contribution in [-0.2, 0) is 0 Å². The first kappa shape index (κ1) is 19.0. The molecule has 4 aliphatic rings. The molecule has 0 aromatic heterocycles. The molecule has 2 nitrogen and oxygen atoms in total. The predicted molar refractivity (Wildman–Crippen MR) is 107 cm³/mol. The molecule has 0 aromatic carbocycles. The maximum absolute atomic E-state index is 11.1. The number of hydrogen-bond donors (Lipinski definition) is 2. The molecular formula is C24H40O2. The average Bonchev–Trinajstić information content (AvgIpc) is 2.94. The van der Waals surface area contributed by atoms with E-state index in [9.17, 15) is 10.2 Å². The normalized spacial score (nSPS) is 54.7. The number of fused-ring (bicyclic) bond motifs is 5. The Hall–Kier alpha value is -0.340. The molecule has 0 heterocycles. The van der Waals surface area contributed by atoms with E-state index in [4.69, 9.17) is 0 Å². The van der Waals surface area contributed by atoms with Gasteiger partial charge in [0, 0.05) is 0 Å². The van der Waals surface area contributed by atoms with Gasteiger partial charge < -0.3 is 10.2 Å². The summed E-state index contributed by atoms with van der Waals surface area (Å²) in [7, 11) is 0. The van der Waals surface area contributed by atoms with Crippen LogP contribution >= 0.6 is 0 Å². The summed E-state index contributed by atoms with van der Waals surface area (Å²) in [5, 5.41) is 21.3. The first-order chi connectivity index (χ1) is 12.3. The molecule has 0 amide bonds. The zero-order valence-corrected chi connectivity index (χ0v) is 17.2. The molecule has 2 heteroatoms. The smallest absolute Gasteiger partial charge is 0.0577 e. The van der Waals surface area contributed by atoms with Crippen LogP contribution in [0.25, 0.3) is 0 Å². The van der Waals surface area contributed by atoms with Gasteiger partial charge in [-0.25, -0.2) is 0 Å². The van der Waals surface area contributed by atoms with Gasteiger partial charge >= 0.3 is 0 Å². The zero-order valence-electron chi connectivity index (χ0n) is 17.2. The first-order valence-corrected chi connectivity index (χ1v) is 11.3. The van der Waals surface area contributed by atoms with Crippen LogP contribution in [0.15, 0.2) is 12.7 Å². The number of aliphatic hydroxyl groups excluding tert-OH is 2. The van der Waals surface area contributed by atoms with E-state index in [0.717, 1.165) is 55.8 Å². The summed E-state index contributed by atoms with van der Waals surface area (Å²) in [4.78, 5) is 0. The molecule has 10 atom stereocenters. The summed E-state index contributed by atoms with van der Waals surface area (Å²) in [6.45, 7) is 11.5. The summed E-state index contributed by atoms with van der Waals surface area (Å²) in [5.74, 6) is 4.12. The van der Waals surface area contributed by atoms with Crippen LogP contribution in [0.5, 0.6) is 0 Å². The molecule has 148 valence electrons. The van der Waals surface area contributed by atoms with Crippen molar-refractivity contribution in [2.24, 2.45) is 46.3 Å². The Labute approximate surface area is 160 Å². The number of hydrogen-bond acceptors (Lipinski definition) is 2. The van der Waals surface area contributed by atoms with Crippen LogP contribution in [0, 0.1) is 46.3 Å². The van der Waals surface area contributed by atoms with Crippen LogP contribution in [-0.4, -0.2) is 22.4 Å². The van der Waals surface area contributed by atoms with Gasteiger partial charge in [0.2, 0.25) is 0 Å². The molecule has 26 heavy (non-hydrogen) atoms. The van der Waals surface area contributed by atoms with Gasteiger partial charge in [0.25, 0.3) is 0 Å². The molecule has 0 aliphatic heterocycles. The second-order valence-electron chi connectivity index (χ2n) is 11.0. The summed E-state index contributed by atoms with van der Waals surface area (Å²) in [6.07, 6.45) is 12.1. The lowest BCUT2D eigenvalue weighted by Crippen LogP contribution is -2.58. The Balaban J connectivity index is 1.60. The fourth-order valence-corrected chi connectivity index (χ4v) is 8.68. The van der Waals surface area contributed by atoms with Gasteiger partial charge in [0.05, 0.1) is 12.2 Å². The van der Waals surface area contributed by atoms with Crippen LogP contribution in [0.4, 0.5) is 0 Å². The Morgan fingerprint density at radius 2 is 1.65 bits per heavy atom. The monoisotopic (exact) mass is 360 g/mol. The average molecular weight is 361 g/mol. The highest BCUT2D eigenvalue weighted by Gasteiger charge is 2.62. The Bertz CT molecular complexity index is 544. The van der Waals surface area contributed by atoms with E-state index in [1.165, 1.54) is 25.7 Å². The molecule has 4 rings (SSSR count). The van der Waals surface area contributed by atoms with E-state index in [1.54, 1.807) is 0 Å². The molecule has 0 bridgehead atoms. The van der Waals surface area contributed by atoms with Crippen molar-refractivity contribution in [2.45, 2.75) is 90.8 Å². The van der Waals surface area contributed by atoms with Crippen molar-refractivity contribution in [1.82, 2.24) is 0 Å². The van der Waals surface area contributed by atoms with Gasteiger partial charge in [-0.1, -0.05) is 26.8 Å². The van der Waals surface area contributed by atoms with Gasteiger partial charge in [-0.05, 0) is 104 Å². The molecule has 4 saturated carbocycles. The largest absolute Gasteiger partial charge is 0.393 e. The highest BCUT2D eigenvalue weighted by Crippen LogP contribution is 2.68. The van der Waals surface area contributed by atoms with Crippen molar-refractivity contribution < 1.29 is 10.2 Å². The Morgan fingerprint density at radius 3 is 2.38 bits per heavy atom. The van der Waals surface area contributed by atoms with Crippen LogP contribution in [0.3, 0.4) is 0 Å². The third-order valence-electron chi connectivity index (χ3n) is 9.95. The van der Waals surface area contributed by atoms with E-state index < -0.39 is 0 Å². The first-order valence-electron chi connectivity index (χ1n) is 11.3. The van der Waals surface area contributed by atoms with Crippen molar-refractivity contribution in [3.63, 3.8) is 0 Å². The van der Waals surface area contributed by atoms with E-state index in [-0.39, 0.29) is 17.6 Å². The lowest BCUT2D eigenvalue weighted by Gasteiger charge is -2.62. The minimum atomic E-state index is -0.205. The highest BCUT2D eigenvalue weighted by atomic mass is 16.3. The van der Waals surface area contributed by atoms with Crippen LogP contribution in [0.1, 0.15) is 78.6 Å². The van der Waals surface area contributed by atoms with Crippen molar-refractivity contribution in [2.75, 3.05) is 0 Å². The van der Waals surface area contributed by atoms with E-state index in [2.05, 4.69) is 33.4 Å². The molecule has 0 unspecified atom stereocenters. The highest BCUT2D eigenvalue weighted by molar-refractivity contribution is 5.11. The van der Waals surface area contributed by atoms with Gasteiger partial charge in [-0.2, -0.15) is 0 Å². The topological polar surface area (TPSA) is 40.5 Å². The lowest BCUT2D eigenvalue weighted by molar-refractivity contribution is -0.172. The van der Waals surface area contributed by atoms with Crippen LogP contribution < -0.4 is 0 Å². The van der Waals surface area contributed by atoms with Crippen LogP contribution in [0.2, 0.25) is 0 Å². The maximum Gasteiger partial charge on any atom is 0.0577 e. The Morgan fingerprint density at radius 1 is 0.962 bits per heavy atom. The fourth-order valence-electron chi connectivity index (χ4n) is 8.68. The predicted octanol–water partition coefficient (Wildman–Crippen LogP) is 5.19. The number of rotatable bonds is 3. The SMILES string of the molecule is C=CC[C@@H](C)[C@H]1CC[C@H]2[C@@H]3C[C@H](O)[C@@H]4C[C@H](O)CC[C@]4(C)[C@H]3CC[C@]12C. The summed E-state index contributed by atoms with van der Waals surface area (Å²) < 4.78 is 0. The van der Waals surface area contributed by atoms with Gasteiger partial charge in [-0.15, -0.1) is 6.58 Å². The van der Waals surface area contributed by atoms with Crippen molar-refractivity contribution in [1.29, 1.82) is 0 Å². The van der Waals surface area contributed by atoms with Crippen molar-refractivity contribution in [3.8, 4) is 0 Å². The minimum absolute atomic E-state index is 0.191. The van der Waals surface area contributed by atoms with Gasteiger partial charge in [-0.3, -0.25) is 0 Å². The molecule has 0 aromatic rings. The molecule has 4 aliphatic carbocycles. The molecule has 0 spiro atoms. The molecule has 4 fully saturated rings.